The van der Waals surface area contributed by atoms with Gasteiger partial charge in [0.05, 0.1) is 0 Å². The summed E-state index contributed by atoms with van der Waals surface area (Å²) < 4.78 is 15.7. The van der Waals surface area contributed by atoms with Gasteiger partial charge in [0, 0.05) is 30.8 Å². The molecule has 1 atom stereocenters. The SMILES string of the molecule is CC(CNC(=O)OC(C)(C)C)NCc1cc2c(cc1O)OCO2. The average Bonchev–Trinajstić information content (AvgIpc) is 2.87. The van der Waals surface area contributed by atoms with Gasteiger partial charge >= 0.3 is 6.09 Å². The van der Waals surface area contributed by atoms with E-state index in [9.17, 15) is 9.90 Å². The second-order valence-corrected chi connectivity index (χ2v) is 6.50. The minimum atomic E-state index is -0.515. The summed E-state index contributed by atoms with van der Waals surface area (Å²) in [4.78, 5) is 11.6. The molecule has 7 heteroatoms. The first-order valence-corrected chi connectivity index (χ1v) is 7.56. The van der Waals surface area contributed by atoms with Crippen molar-refractivity contribution in [2.75, 3.05) is 13.3 Å². The highest BCUT2D eigenvalue weighted by molar-refractivity contribution is 5.67. The number of carbonyl (C=O) groups excluding carboxylic acids is 1. The van der Waals surface area contributed by atoms with Crippen molar-refractivity contribution in [2.45, 2.75) is 45.9 Å². The molecular weight excluding hydrogens is 300 g/mol. The van der Waals surface area contributed by atoms with Crippen LogP contribution in [0.3, 0.4) is 0 Å². The first-order valence-electron chi connectivity index (χ1n) is 7.56. The number of aromatic hydroxyl groups is 1. The van der Waals surface area contributed by atoms with Gasteiger partial charge in [0.2, 0.25) is 6.79 Å². The normalized spacial score (nSPS) is 14.4. The Balaban J connectivity index is 1.79. The lowest BCUT2D eigenvalue weighted by molar-refractivity contribution is 0.0523. The van der Waals surface area contributed by atoms with Gasteiger partial charge in [-0.25, -0.2) is 4.79 Å². The van der Waals surface area contributed by atoms with Gasteiger partial charge in [0.25, 0.3) is 0 Å². The third kappa shape index (κ3) is 5.21. The van der Waals surface area contributed by atoms with Crippen LogP contribution in [0.4, 0.5) is 4.79 Å². The molecule has 0 spiro atoms. The number of phenols is 1. The Bertz CT molecular complexity index is 568. The number of hydrogen-bond donors (Lipinski definition) is 3. The van der Waals surface area contributed by atoms with Crippen molar-refractivity contribution in [3.05, 3.63) is 17.7 Å². The van der Waals surface area contributed by atoms with Crippen molar-refractivity contribution in [3.8, 4) is 17.2 Å². The van der Waals surface area contributed by atoms with E-state index in [4.69, 9.17) is 14.2 Å². The molecular formula is C16H24N2O5. The van der Waals surface area contributed by atoms with E-state index in [2.05, 4.69) is 10.6 Å². The minimum Gasteiger partial charge on any atom is -0.507 e. The number of hydrogen-bond acceptors (Lipinski definition) is 6. The van der Waals surface area contributed by atoms with Gasteiger partial charge in [-0.15, -0.1) is 0 Å². The topological polar surface area (TPSA) is 89.1 Å². The third-order valence-corrected chi connectivity index (χ3v) is 3.17. The monoisotopic (exact) mass is 324 g/mol. The van der Waals surface area contributed by atoms with Gasteiger partial charge in [0.1, 0.15) is 11.4 Å². The average molecular weight is 324 g/mol. The molecule has 23 heavy (non-hydrogen) atoms. The minimum absolute atomic E-state index is 0.00680. The zero-order valence-corrected chi connectivity index (χ0v) is 13.9. The molecule has 7 nitrogen and oxygen atoms in total. The van der Waals surface area contributed by atoms with E-state index in [1.54, 1.807) is 12.1 Å². The Labute approximate surface area is 135 Å². The molecule has 0 saturated carbocycles. The number of phenolic OH excluding ortho intramolecular Hbond substituents is 1. The van der Waals surface area contributed by atoms with Crippen molar-refractivity contribution in [1.82, 2.24) is 10.6 Å². The number of carbonyl (C=O) groups is 1. The van der Waals surface area contributed by atoms with Crippen LogP contribution in [0.15, 0.2) is 12.1 Å². The van der Waals surface area contributed by atoms with Crippen LogP contribution in [0.2, 0.25) is 0 Å². The van der Waals surface area contributed by atoms with E-state index in [0.29, 0.717) is 30.2 Å². The van der Waals surface area contributed by atoms with Crippen LogP contribution in [-0.2, 0) is 11.3 Å². The predicted molar refractivity (Wildman–Crippen MR) is 84.8 cm³/mol. The Morgan fingerprint density at radius 1 is 1.35 bits per heavy atom. The van der Waals surface area contributed by atoms with Gasteiger partial charge in [-0.2, -0.15) is 0 Å². The van der Waals surface area contributed by atoms with E-state index < -0.39 is 11.7 Å². The van der Waals surface area contributed by atoms with E-state index in [0.717, 1.165) is 0 Å². The summed E-state index contributed by atoms with van der Waals surface area (Å²) in [5.74, 6) is 1.32. The van der Waals surface area contributed by atoms with Crippen LogP contribution < -0.4 is 20.1 Å². The highest BCUT2D eigenvalue weighted by Crippen LogP contribution is 2.37. The molecule has 0 bridgehead atoms. The van der Waals surface area contributed by atoms with Gasteiger partial charge in [0.15, 0.2) is 11.5 Å². The number of nitrogens with one attached hydrogen (secondary N) is 2. The van der Waals surface area contributed by atoms with E-state index >= 15 is 0 Å². The molecule has 0 radical (unpaired) electrons. The largest absolute Gasteiger partial charge is 0.507 e. The van der Waals surface area contributed by atoms with Crippen molar-refractivity contribution < 1.29 is 24.1 Å². The number of rotatable bonds is 5. The van der Waals surface area contributed by atoms with Gasteiger partial charge in [-0.1, -0.05) is 0 Å². The summed E-state index contributed by atoms with van der Waals surface area (Å²) >= 11 is 0. The Morgan fingerprint density at radius 2 is 2.00 bits per heavy atom. The van der Waals surface area contributed by atoms with Crippen LogP contribution >= 0.6 is 0 Å². The molecule has 2 rings (SSSR count). The van der Waals surface area contributed by atoms with Crippen molar-refractivity contribution in [3.63, 3.8) is 0 Å². The lowest BCUT2D eigenvalue weighted by atomic mass is 10.1. The molecule has 0 saturated heterocycles. The highest BCUT2D eigenvalue weighted by Gasteiger charge is 2.18. The molecule has 1 unspecified atom stereocenters. The fourth-order valence-corrected chi connectivity index (χ4v) is 2.02. The summed E-state index contributed by atoms with van der Waals surface area (Å²) in [5.41, 5.74) is 0.192. The molecule has 1 aliphatic rings. The number of amides is 1. The molecule has 128 valence electrons. The Kier molecular flexibility index (Phi) is 5.20. The van der Waals surface area contributed by atoms with Crippen LogP contribution in [0.1, 0.15) is 33.3 Å². The van der Waals surface area contributed by atoms with Crippen molar-refractivity contribution in [2.24, 2.45) is 0 Å². The van der Waals surface area contributed by atoms with Crippen molar-refractivity contribution >= 4 is 6.09 Å². The molecule has 1 amide bonds. The van der Waals surface area contributed by atoms with E-state index in [-0.39, 0.29) is 18.6 Å². The number of benzene rings is 1. The lowest BCUT2D eigenvalue weighted by Crippen LogP contribution is -2.41. The number of ether oxygens (including phenoxy) is 3. The first-order chi connectivity index (χ1) is 10.7. The van der Waals surface area contributed by atoms with Crippen LogP contribution in [0, 0.1) is 0 Å². The molecule has 1 aliphatic heterocycles. The molecule has 1 aromatic carbocycles. The highest BCUT2D eigenvalue weighted by atomic mass is 16.7. The summed E-state index contributed by atoms with van der Waals surface area (Å²) in [7, 11) is 0. The molecule has 1 heterocycles. The standard InChI is InChI=1S/C16H24N2O5/c1-10(7-18-15(20)23-16(2,3)4)17-8-11-5-13-14(6-12(11)19)22-9-21-13/h5-6,10,17,19H,7-9H2,1-4H3,(H,18,20). The maximum absolute atomic E-state index is 11.6. The number of alkyl carbamates (subject to hydrolysis) is 1. The third-order valence-electron chi connectivity index (χ3n) is 3.17. The number of fused-ring (bicyclic) bond motifs is 1. The Morgan fingerprint density at radius 3 is 2.65 bits per heavy atom. The van der Waals surface area contributed by atoms with Crippen LogP contribution in [-0.4, -0.2) is 36.2 Å². The second kappa shape index (κ2) is 6.95. The summed E-state index contributed by atoms with van der Waals surface area (Å²) in [6.07, 6.45) is -0.447. The van der Waals surface area contributed by atoms with Crippen LogP contribution in [0.25, 0.3) is 0 Å². The molecule has 3 N–H and O–H groups in total. The maximum Gasteiger partial charge on any atom is 0.407 e. The van der Waals surface area contributed by atoms with Crippen molar-refractivity contribution in [1.29, 1.82) is 0 Å². The maximum atomic E-state index is 11.6. The molecule has 0 aliphatic carbocycles. The smallest absolute Gasteiger partial charge is 0.407 e. The van der Waals surface area contributed by atoms with Crippen LogP contribution in [0.5, 0.6) is 17.2 Å². The van der Waals surface area contributed by atoms with E-state index in [1.165, 1.54) is 0 Å². The first kappa shape index (κ1) is 17.2. The molecule has 1 aromatic rings. The fourth-order valence-electron chi connectivity index (χ4n) is 2.02. The van der Waals surface area contributed by atoms with Gasteiger partial charge in [-0.3, -0.25) is 0 Å². The van der Waals surface area contributed by atoms with Gasteiger partial charge in [-0.05, 0) is 33.8 Å². The predicted octanol–water partition coefficient (Wildman–Crippen LogP) is 2.12. The summed E-state index contributed by atoms with van der Waals surface area (Å²) in [6, 6.07) is 3.30. The fraction of sp³-hybridized carbons (Fsp3) is 0.562. The van der Waals surface area contributed by atoms with Gasteiger partial charge < -0.3 is 30.0 Å². The molecule has 0 fully saturated rings. The quantitative estimate of drug-likeness (QED) is 0.769. The molecule has 0 aromatic heterocycles. The summed E-state index contributed by atoms with van der Waals surface area (Å²) in [6.45, 7) is 8.41. The summed E-state index contributed by atoms with van der Waals surface area (Å²) in [5, 5.41) is 15.9. The Hall–Kier alpha value is -2.15. The zero-order valence-electron chi connectivity index (χ0n) is 13.9. The second-order valence-electron chi connectivity index (χ2n) is 6.50. The zero-order chi connectivity index (χ0) is 17.0. The lowest BCUT2D eigenvalue weighted by Gasteiger charge is -2.21. The van der Waals surface area contributed by atoms with E-state index in [1.807, 2.05) is 27.7 Å².